The van der Waals surface area contributed by atoms with Gasteiger partial charge in [-0.1, -0.05) is 0 Å². The highest BCUT2D eigenvalue weighted by Gasteiger charge is 2.34. The molecule has 1 aromatic heterocycles. The van der Waals surface area contributed by atoms with Crippen LogP contribution in [0.4, 0.5) is 8.78 Å². The lowest BCUT2D eigenvalue weighted by atomic mass is 10.1. The molecular formula is C21H21F2N3O4. The van der Waals surface area contributed by atoms with Gasteiger partial charge in [0.25, 0.3) is 11.8 Å². The summed E-state index contributed by atoms with van der Waals surface area (Å²) in [6.07, 6.45) is 3.42. The lowest BCUT2D eigenvalue weighted by Gasteiger charge is -2.24. The maximum absolute atomic E-state index is 14.0. The second-order valence-corrected chi connectivity index (χ2v) is 7.74. The molecule has 0 saturated carbocycles. The van der Waals surface area contributed by atoms with Gasteiger partial charge in [-0.3, -0.25) is 14.4 Å². The summed E-state index contributed by atoms with van der Waals surface area (Å²) in [6, 6.07) is 2.16. The number of nitrogens with one attached hydrogen (secondary N) is 1. The number of rotatable bonds is 3. The zero-order valence-electron chi connectivity index (χ0n) is 16.4. The number of carbonyl (C=O) groups excluding carboxylic acids is 2. The van der Waals surface area contributed by atoms with Crippen molar-refractivity contribution in [2.24, 2.45) is 0 Å². The first-order valence-electron chi connectivity index (χ1n) is 9.78. The topological polar surface area (TPSA) is 91.6 Å². The molecule has 2 aromatic rings. The standard InChI is InChI=1S/C21H21F2N3O4/c1-11-7-15(22)13(16(23)8-11)9-24-20(29)14-10-26-12-3-2-5-25(6-4-12)21(30)17(26)19(28)18(14)27/h7-8,10,12,28H,2-6,9H2,1H3,(H,24,29). The Kier molecular flexibility index (Phi) is 5.05. The summed E-state index contributed by atoms with van der Waals surface area (Å²) in [5.41, 5.74) is -1.41. The summed E-state index contributed by atoms with van der Waals surface area (Å²) in [5.74, 6) is -3.71. The van der Waals surface area contributed by atoms with E-state index < -0.39 is 41.2 Å². The first-order valence-corrected chi connectivity index (χ1v) is 9.78. The van der Waals surface area contributed by atoms with Crippen molar-refractivity contribution in [1.29, 1.82) is 0 Å². The van der Waals surface area contributed by atoms with E-state index in [1.807, 2.05) is 0 Å². The Morgan fingerprint density at radius 2 is 1.90 bits per heavy atom. The Morgan fingerprint density at radius 3 is 2.60 bits per heavy atom. The molecule has 30 heavy (non-hydrogen) atoms. The van der Waals surface area contributed by atoms with Crippen LogP contribution in [-0.2, 0) is 6.54 Å². The third-order valence-corrected chi connectivity index (χ3v) is 5.75. The molecular weight excluding hydrogens is 396 g/mol. The average molecular weight is 417 g/mol. The molecule has 1 saturated heterocycles. The minimum absolute atomic E-state index is 0.116. The van der Waals surface area contributed by atoms with Crippen molar-refractivity contribution in [3.8, 4) is 5.75 Å². The maximum Gasteiger partial charge on any atom is 0.274 e. The summed E-state index contributed by atoms with van der Waals surface area (Å²) in [6.45, 7) is 2.14. The molecule has 1 atom stereocenters. The molecule has 3 heterocycles. The van der Waals surface area contributed by atoms with Crippen molar-refractivity contribution in [3.05, 3.63) is 62.6 Å². The van der Waals surface area contributed by atoms with Crippen molar-refractivity contribution >= 4 is 11.8 Å². The normalized spacial score (nSPS) is 18.0. The second-order valence-electron chi connectivity index (χ2n) is 7.74. The zero-order valence-corrected chi connectivity index (χ0v) is 16.4. The molecule has 2 aliphatic rings. The van der Waals surface area contributed by atoms with Gasteiger partial charge in [0.2, 0.25) is 5.43 Å². The molecule has 158 valence electrons. The number of hydrogen-bond acceptors (Lipinski definition) is 4. The Hall–Kier alpha value is -3.23. The molecule has 0 radical (unpaired) electrons. The van der Waals surface area contributed by atoms with E-state index in [0.717, 1.165) is 25.0 Å². The van der Waals surface area contributed by atoms with Gasteiger partial charge in [-0.05, 0) is 43.9 Å². The van der Waals surface area contributed by atoms with E-state index in [-0.39, 0.29) is 22.9 Å². The molecule has 1 aromatic carbocycles. The number of hydrogen-bond donors (Lipinski definition) is 2. The molecule has 2 aliphatic heterocycles. The molecule has 2 amide bonds. The SMILES string of the molecule is Cc1cc(F)c(CNC(=O)c2cn3c(c(O)c2=O)C(=O)N2CCCC3CC2)c(F)c1. The number of benzene rings is 1. The zero-order chi connectivity index (χ0) is 21.6. The van der Waals surface area contributed by atoms with E-state index in [9.17, 15) is 28.3 Å². The second kappa shape index (κ2) is 7.55. The Labute approximate surface area is 170 Å². The van der Waals surface area contributed by atoms with Gasteiger partial charge in [-0.15, -0.1) is 0 Å². The first kappa shape index (κ1) is 20.1. The van der Waals surface area contributed by atoms with Gasteiger partial charge in [0, 0.05) is 37.4 Å². The Balaban J connectivity index is 1.68. The molecule has 0 aliphatic carbocycles. The average Bonchev–Trinajstić information content (AvgIpc) is 3.00. The highest BCUT2D eigenvalue weighted by atomic mass is 19.1. The number of fused-ring (bicyclic) bond motifs is 5. The number of aromatic nitrogens is 1. The fraction of sp³-hybridized carbons (Fsp3) is 0.381. The van der Waals surface area contributed by atoms with Gasteiger partial charge in [0.15, 0.2) is 11.4 Å². The fourth-order valence-electron chi connectivity index (χ4n) is 4.15. The van der Waals surface area contributed by atoms with Gasteiger partial charge < -0.3 is 19.9 Å². The number of amides is 2. The van der Waals surface area contributed by atoms with E-state index in [0.29, 0.717) is 25.1 Å². The van der Waals surface area contributed by atoms with Gasteiger partial charge in [0.1, 0.15) is 17.2 Å². The van der Waals surface area contributed by atoms with Crippen LogP contribution < -0.4 is 10.7 Å². The Morgan fingerprint density at radius 1 is 1.20 bits per heavy atom. The number of carbonyl (C=O) groups is 2. The van der Waals surface area contributed by atoms with Crippen LogP contribution in [0, 0.1) is 18.6 Å². The number of aromatic hydroxyl groups is 1. The predicted molar refractivity (Wildman–Crippen MR) is 103 cm³/mol. The fourth-order valence-corrected chi connectivity index (χ4v) is 4.15. The molecule has 1 unspecified atom stereocenters. The predicted octanol–water partition coefficient (Wildman–Crippen LogP) is 2.25. The molecule has 1 fully saturated rings. The van der Waals surface area contributed by atoms with E-state index in [2.05, 4.69) is 5.32 Å². The largest absolute Gasteiger partial charge is 0.503 e. The summed E-state index contributed by atoms with van der Waals surface area (Å²) >= 11 is 0. The molecule has 7 nitrogen and oxygen atoms in total. The number of halogens is 2. The Bertz CT molecular complexity index is 1090. The van der Waals surface area contributed by atoms with Crippen molar-refractivity contribution in [1.82, 2.24) is 14.8 Å². The van der Waals surface area contributed by atoms with Crippen LogP contribution in [0.25, 0.3) is 0 Å². The van der Waals surface area contributed by atoms with Crippen LogP contribution in [0.15, 0.2) is 23.1 Å². The van der Waals surface area contributed by atoms with Crippen molar-refractivity contribution in [2.75, 3.05) is 13.1 Å². The number of pyridine rings is 1. The van der Waals surface area contributed by atoms with Gasteiger partial charge >= 0.3 is 0 Å². The van der Waals surface area contributed by atoms with E-state index in [1.54, 1.807) is 11.8 Å². The van der Waals surface area contributed by atoms with Crippen LogP contribution in [0.2, 0.25) is 0 Å². The molecule has 2 bridgehead atoms. The first-order chi connectivity index (χ1) is 14.3. The van der Waals surface area contributed by atoms with Crippen LogP contribution in [0.5, 0.6) is 5.75 Å². The van der Waals surface area contributed by atoms with E-state index in [4.69, 9.17) is 0 Å². The monoisotopic (exact) mass is 417 g/mol. The third kappa shape index (κ3) is 3.34. The quantitative estimate of drug-likeness (QED) is 0.802. The van der Waals surface area contributed by atoms with Crippen LogP contribution in [0.3, 0.4) is 0 Å². The molecule has 0 spiro atoms. The third-order valence-electron chi connectivity index (χ3n) is 5.75. The minimum Gasteiger partial charge on any atom is -0.503 e. The van der Waals surface area contributed by atoms with Crippen LogP contribution in [-0.4, -0.2) is 39.5 Å². The van der Waals surface area contributed by atoms with E-state index in [1.165, 1.54) is 10.8 Å². The van der Waals surface area contributed by atoms with Crippen LogP contribution >= 0.6 is 0 Å². The highest BCUT2D eigenvalue weighted by Crippen LogP contribution is 2.32. The lowest BCUT2D eigenvalue weighted by molar-refractivity contribution is 0.0752. The van der Waals surface area contributed by atoms with Crippen molar-refractivity contribution in [3.63, 3.8) is 0 Å². The summed E-state index contributed by atoms with van der Waals surface area (Å²) < 4.78 is 29.5. The van der Waals surface area contributed by atoms with Gasteiger partial charge in [-0.25, -0.2) is 8.78 Å². The van der Waals surface area contributed by atoms with Crippen molar-refractivity contribution in [2.45, 2.75) is 38.8 Å². The smallest absolute Gasteiger partial charge is 0.274 e. The minimum atomic E-state index is -0.988. The lowest BCUT2D eigenvalue weighted by Crippen LogP contribution is -2.36. The van der Waals surface area contributed by atoms with Crippen molar-refractivity contribution < 1.29 is 23.5 Å². The van der Waals surface area contributed by atoms with E-state index >= 15 is 0 Å². The number of aryl methyl sites for hydroxylation is 1. The maximum atomic E-state index is 14.0. The summed E-state index contributed by atoms with van der Waals surface area (Å²) in [4.78, 5) is 39.6. The van der Waals surface area contributed by atoms with Gasteiger partial charge in [0.05, 0.1) is 0 Å². The summed E-state index contributed by atoms with van der Waals surface area (Å²) in [5, 5.41) is 12.8. The van der Waals surface area contributed by atoms with Crippen LogP contribution in [0.1, 0.15) is 57.3 Å². The molecule has 4 rings (SSSR count). The molecule has 9 heteroatoms. The van der Waals surface area contributed by atoms with Gasteiger partial charge in [-0.2, -0.15) is 0 Å². The number of nitrogens with zero attached hydrogens (tertiary/aromatic N) is 2. The molecule has 2 N–H and O–H groups in total. The summed E-state index contributed by atoms with van der Waals surface area (Å²) in [7, 11) is 0. The highest BCUT2D eigenvalue weighted by molar-refractivity contribution is 5.98.